The van der Waals surface area contributed by atoms with Gasteiger partial charge in [-0.25, -0.2) is 0 Å². The van der Waals surface area contributed by atoms with Gasteiger partial charge in [-0.2, -0.15) is 0 Å². The molecule has 1 unspecified atom stereocenters. The Balaban J connectivity index is 2.81. The summed E-state index contributed by atoms with van der Waals surface area (Å²) in [5.41, 5.74) is 0.389. The standard InChI is InChI=1S/C10H12O4/c1-13-8-5-3-7(4-6-8)9(11)10(12)14-2/h3-6,10,12H,1-2H3. The van der Waals surface area contributed by atoms with Crippen LogP contribution in [0.1, 0.15) is 10.4 Å². The van der Waals surface area contributed by atoms with Gasteiger partial charge in [0.25, 0.3) is 0 Å². The van der Waals surface area contributed by atoms with Gasteiger partial charge in [0.1, 0.15) is 5.75 Å². The van der Waals surface area contributed by atoms with Crippen LogP contribution in [0.5, 0.6) is 5.75 Å². The van der Waals surface area contributed by atoms with Gasteiger partial charge in [0.2, 0.25) is 12.1 Å². The number of carbonyl (C=O) groups is 1. The molecule has 0 aliphatic rings. The number of benzene rings is 1. The Labute approximate surface area is 82.1 Å². The smallest absolute Gasteiger partial charge is 0.219 e. The average molecular weight is 196 g/mol. The minimum Gasteiger partial charge on any atom is -0.497 e. The van der Waals surface area contributed by atoms with Crippen LogP contribution < -0.4 is 4.74 Å². The lowest BCUT2D eigenvalue weighted by molar-refractivity contribution is -0.0483. The molecule has 1 aromatic rings. The van der Waals surface area contributed by atoms with Gasteiger partial charge in [0, 0.05) is 12.7 Å². The highest BCUT2D eigenvalue weighted by Crippen LogP contribution is 2.12. The molecular weight excluding hydrogens is 184 g/mol. The van der Waals surface area contributed by atoms with Crippen molar-refractivity contribution < 1.29 is 19.4 Å². The highest BCUT2D eigenvalue weighted by Gasteiger charge is 2.15. The predicted molar refractivity (Wildman–Crippen MR) is 50.3 cm³/mol. The van der Waals surface area contributed by atoms with Crippen molar-refractivity contribution in [3.05, 3.63) is 29.8 Å². The van der Waals surface area contributed by atoms with Crippen LogP contribution in [0.25, 0.3) is 0 Å². The van der Waals surface area contributed by atoms with Crippen molar-refractivity contribution in [2.45, 2.75) is 6.29 Å². The lowest BCUT2D eigenvalue weighted by Crippen LogP contribution is -2.22. The Morgan fingerprint density at radius 1 is 1.29 bits per heavy atom. The molecule has 0 aliphatic carbocycles. The van der Waals surface area contributed by atoms with E-state index >= 15 is 0 Å². The Hall–Kier alpha value is -1.39. The molecule has 0 fully saturated rings. The number of hydrogen-bond donors (Lipinski definition) is 1. The van der Waals surface area contributed by atoms with Crippen LogP contribution >= 0.6 is 0 Å². The maximum Gasteiger partial charge on any atom is 0.219 e. The molecule has 0 aliphatic heterocycles. The minimum atomic E-state index is -1.40. The summed E-state index contributed by atoms with van der Waals surface area (Å²) >= 11 is 0. The van der Waals surface area contributed by atoms with Crippen LogP contribution in [-0.4, -0.2) is 31.4 Å². The summed E-state index contributed by atoms with van der Waals surface area (Å²) in [7, 11) is 2.81. The second-order valence-corrected chi connectivity index (χ2v) is 2.68. The third-order valence-electron chi connectivity index (χ3n) is 1.82. The lowest BCUT2D eigenvalue weighted by atomic mass is 10.1. The number of carbonyl (C=O) groups excluding carboxylic acids is 1. The Bertz CT molecular complexity index is 304. The molecule has 4 heteroatoms. The molecule has 0 heterocycles. The van der Waals surface area contributed by atoms with Gasteiger partial charge in [-0.3, -0.25) is 4.79 Å². The van der Waals surface area contributed by atoms with E-state index < -0.39 is 12.1 Å². The second-order valence-electron chi connectivity index (χ2n) is 2.68. The maximum absolute atomic E-state index is 11.4. The number of aliphatic hydroxyl groups excluding tert-OH is 1. The molecule has 0 saturated carbocycles. The molecule has 1 rings (SSSR count). The quantitative estimate of drug-likeness (QED) is 0.572. The van der Waals surface area contributed by atoms with E-state index in [9.17, 15) is 4.79 Å². The zero-order valence-corrected chi connectivity index (χ0v) is 8.06. The normalized spacial score (nSPS) is 12.2. The molecule has 1 atom stereocenters. The van der Waals surface area contributed by atoms with Crippen molar-refractivity contribution >= 4 is 5.78 Å². The third-order valence-corrected chi connectivity index (χ3v) is 1.82. The topological polar surface area (TPSA) is 55.8 Å². The summed E-state index contributed by atoms with van der Waals surface area (Å²) in [6, 6.07) is 6.44. The van der Waals surface area contributed by atoms with Gasteiger partial charge in [0.15, 0.2) is 0 Å². The molecule has 14 heavy (non-hydrogen) atoms. The molecule has 0 radical (unpaired) electrons. The van der Waals surface area contributed by atoms with Gasteiger partial charge in [-0.15, -0.1) is 0 Å². The number of rotatable bonds is 4. The fraction of sp³-hybridized carbons (Fsp3) is 0.300. The first-order valence-corrected chi connectivity index (χ1v) is 4.08. The van der Waals surface area contributed by atoms with Gasteiger partial charge in [0.05, 0.1) is 7.11 Å². The monoisotopic (exact) mass is 196 g/mol. The van der Waals surface area contributed by atoms with E-state index in [0.717, 1.165) is 0 Å². The summed E-state index contributed by atoms with van der Waals surface area (Å²) in [5.74, 6) is 0.198. The number of methoxy groups -OCH3 is 2. The van der Waals surface area contributed by atoms with Crippen molar-refractivity contribution in [2.75, 3.05) is 14.2 Å². The van der Waals surface area contributed by atoms with E-state index in [0.29, 0.717) is 11.3 Å². The summed E-state index contributed by atoms with van der Waals surface area (Å²) in [6.45, 7) is 0. The molecular formula is C10H12O4. The Kier molecular flexibility index (Phi) is 3.62. The molecule has 0 bridgehead atoms. The molecule has 0 spiro atoms. The SMILES string of the molecule is COc1ccc(C(=O)C(O)OC)cc1. The summed E-state index contributed by atoms with van der Waals surface area (Å²) < 4.78 is 9.43. The maximum atomic E-state index is 11.4. The summed E-state index contributed by atoms with van der Waals surface area (Å²) in [5, 5.41) is 9.10. The van der Waals surface area contributed by atoms with Crippen LogP contribution in [0, 0.1) is 0 Å². The van der Waals surface area contributed by atoms with Crippen LogP contribution in [0.3, 0.4) is 0 Å². The lowest BCUT2D eigenvalue weighted by Gasteiger charge is -2.07. The summed E-state index contributed by atoms with van der Waals surface area (Å²) in [4.78, 5) is 11.4. The molecule has 4 nitrogen and oxygen atoms in total. The zero-order chi connectivity index (χ0) is 10.6. The molecule has 76 valence electrons. The first-order chi connectivity index (χ1) is 6.69. The van der Waals surface area contributed by atoms with Crippen LogP contribution in [-0.2, 0) is 4.74 Å². The molecule has 0 amide bonds. The zero-order valence-electron chi connectivity index (χ0n) is 8.06. The van der Waals surface area contributed by atoms with Crippen molar-refractivity contribution in [1.82, 2.24) is 0 Å². The average Bonchev–Trinajstić information content (AvgIpc) is 2.27. The number of hydrogen-bond acceptors (Lipinski definition) is 4. The van der Waals surface area contributed by atoms with E-state index in [-0.39, 0.29) is 0 Å². The van der Waals surface area contributed by atoms with Crippen LogP contribution in [0.4, 0.5) is 0 Å². The first-order valence-electron chi connectivity index (χ1n) is 4.08. The fourth-order valence-corrected chi connectivity index (χ4v) is 1.00. The first kappa shape index (κ1) is 10.7. The van der Waals surface area contributed by atoms with Gasteiger partial charge < -0.3 is 14.6 Å². The highest BCUT2D eigenvalue weighted by atomic mass is 16.6. The molecule has 0 saturated heterocycles. The Morgan fingerprint density at radius 2 is 1.86 bits per heavy atom. The van der Waals surface area contributed by atoms with Crippen molar-refractivity contribution in [3.63, 3.8) is 0 Å². The van der Waals surface area contributed by atoms with Gasteiger partial charge >= 0.3 is 0 Å². The second kappa shape index (κ2) is 4.74. The van der Waals surface area contributed by atoms with Crippen molar-refractivity contribution in [2.24, 2.45) is 0 Å². The van der Waals surface area contributed by atoms with Crippen molar-refractivity contribution in [1.29, 1.82) is 0 Å². The van der Waals surface area contributed by atoms with Crippen molar-refractivity contribution in [3.8, 4) is 5.75 Å². The van der Waals surface area contributed by atoms with Crippen LogP contribution in [0.15, 0.2) is 24.3 Å². The van der Waals surface area contributed by atoms with E-state index in [1.165, 1.54) is 7.11 Å². The van der Waals surface area contributed by atoms with E-state index in [1.807, 2.05) is 0 Å². The Morgan fingerprint density at radius 3 is 2.29 bits per heavy atom. The van der Waals surface area contributed by atoms with Gasteiger partial charge in [-0.1, -0.05) is 0 Å². The van der Waals surface area contributed by atoms with Gasteiger partial charge in [-0.05, 0) is 24.3 Å². The number of ketones is 1. The number of aliphatic hydroxyl groups is 1. The highest BCUT2D eigenvalue weighted by molar-refractivity contribution is 5.98. The van der Waals surface area contributed by atoms with E-state index in [2.05, 4.69) is 4.74 Å². The summed E-state index contributed by atoms with van der Waals surface area (Å²) in [6.07, 6.45) is -1.40. The molecule has 1 N–H and O–H groups in total. The largest absolute Gasteiger partial charge is 0.497 e. The molecule has 1 aromatic carbocycles. The number of Topliss-reactive ketones (excluding diaryl/α,β-unsaturated/α-hetero) is 1. The minimum absolute atomic E-state index is 0.389. The molecule has 0 aromatic heterocycles. The third kappa shape index (κ3) is 2.31. The number of ether oxygens (including phenoxy) is 2. The van der Waals surface area contributed by atoms with Crippen LogP contribution in [0.2, 0.25) is 0 Å². The van der Waals surface area contributed by atoms with E-state index in [1.54, 1.807) is 31.4 Å². The predicted octanol–water partition coefficient (Wildman–Crippen LogP) is 0.843. The fourth-order valence-electron chi connectivity index (χ4n) is 1.00. The van der Waals surface area contributed by atoms with E-state index in [4.69, 9.17) is 9.84 Å².